The fourth-order valence-corrected chi connectivity index (χ4v) is 2.95. The van der Waals surface area contributed by atoms with Crippen molar-refractivity contribution >= 4 is 21.5 Å². The predicted octanol–water partition coefficient (Wildman–Crippen LogP) is 1.40. The Bertz CT molecular complexity index is 541. The summed E-state index contributed by atoms with van der Waals surface area (Å²) in [4.78, 5) is 0. The summed E-state index contributed by atoms with van der Waals surface area (Å²) in [5.41, 5.74) is 5.55. The molecule has 0 unspecified atom stereocenters. The van der Waals surface area contributed by atoms with Gasteiger partial charge in [-0.1, -0.05) is 26.0 Å². The number of anilines is 1. The third-order valence-corrected chi connectivity index (χ3v) is 3.72. The number of amidine groups is 1. The molecule has 1 aromatic rings. The van der Waals surface area contributed by atoms with Gasteiger partial charge in [0.1, 0.15) is 18.2 Å². The molecule has 4 N–H and O–H groups in total. The van der Waals surface area contributed by atoms with Crippen LogP contribution in [0.5, 0.6) is 5.75 Å². The largest absolute Gasteiger partial charge is 0.484 e. The van der Waals surface area contributed by atoms with Crippen LogP contribution in [0.25, 0.3) is 0 Å². The van der Waals surface area contributed by atoms with Gasteiger partial charge in [0.05, 0.1) is 11.4 Å². The van der Waals surface area contributed by atoms with Gasteiger partial charge >= 0.3 is 0 Å². The van der Waals surface area contributed by atoms with Crippen LogP contribution in [0.3, 0.4) is 0 Å². The summed E-state index contributed by atoms with van der Waals surface area (Å²) in [6.07, 6.45) is 0. The first-order valence-corrected chi connectivity index (χ1v) is 7.50. The van der Waals surface area contributed by atoms with Crippen molar-refractivity contribution in [3.63, 3.8) is 0 Å². The quantitative estimate of drug-likeness (QED) is 0.520. The van der Waals surface area contributed by atoms with Crippen molar-refractivity contribution in [2.45, 2.75) is 13.8 Å². The first-order valence-electron chi connectivity index (χ1n) is 5.85. The maximum absolute atomic E-state index is 11.9. The highest BCUT2D eigenvalue weighted by molar-refractivity contribution is 7.92. The Kier molecular flexibility index (Phi) is 5.17. The molecule has 0 radical (unpaired) electrons. The molecule has 0 aliphatic rings. The molecule has 1 rings (SSSR count). The van der Waals surface area contributed by atoms with Crippen LogP contribution >= 0.6 is 0 Å². The van der Waals surface area contributed by atoms with E-state index >= 15 is 0 Å². The van der Waals surface area contributed by atoms with Gasteiger partial charge in [0.2, 0.25) is 10.0 Å². The van der Waals surface area contributed by atoms with Crippen LogP contribution in [-0.4, -0.2) is 26.6 Å². The van der Waals surface area contributed by atoms with E-state index in [0.717, 1.165) is 0 Å². The SMILES string of the molecule is CC(C)CS(=O)(=O)Nc1ccccc1OCC(=N)N. The highest BCUT2D eigenvalue weighted by Crippen LogP contribution is 2.25. The van der Waals surface area contributed by atoms with Crippen LogP contribution < -0.4 is 15.2 Å². The van der Waals surface area contributed by atoms with E-state index in [0.29, 0.717) is 11.4 Å². The van der Waals surface area contributed by atoms with Crippen LogP contribution in [-0.2, 0) is 10.0 Å². The van der Waals surface area contributed by atoms with Gasteiger partial charge in [-0.2, -0.15) is 0 Å². The summed E-state index contributed by atoms with van der Waals surface area (Å²) in [6, 6.07) is 6.65. The second kappa shape index (κ2) is 6.42. The van der Waals surface area contributed by atoms with Crippen LogP contribution in [0, 0.1) is 11.3 Å². The Morgan fingerprint density at radius 3 is 2.63 bits per heavy atom. The average Bonchev–Trinajstić information content (AvgIpc) is 2.25. The highest BCUT2D eigenvalue weighted by Gasteiger charge is 2.15. The molecule has 0 amide bonds. The number of sulfonamides is 1. The first-order chi connectivity index (χ1) is 8.80. The van der Waals surface area contributed by atoms with Crippen molar-refractivity contribution in [3.05, 3.63) is 24.3 Å². The number of rotatable bonds is 7. The summed E-state index contributed by atoms with van der Waals surface area (Å²) >= 11 is 0. The zero-order valence-corrected chi connectivity index (χ0v) is 11.8. The van der Waals surface area contributed by atoms with Crippen LogP contribution in [0.15, 0.2) is 24.3 Å². The first kappa shape index (κ1) is 15.3. The lowest BCUT2D eigenvalue weighted by Gasteiger charge is -2.14. The maximum atomic E-state index is 11.9. The molecule has 0 fully saturated rings. The van der Waals surface area contributed by atoms with Crippen molar-refractivity contribution < 1.29 is 13.2 Å². The minimum absolute atomic E-state index is 0.0304. The average molecular weight is 285 g/mol. The highest BCUT2D eigenvalue weighted by atomic mass is 32.2. The normalized spacial score (nSPS) is 11.3. The number of hydrogen-bond acceptors (Lipinski definition) is 4. The summed E-state index contributed by atoms with van der Waals surface area (Å²) in [5.74, 6) is 0.293. The van der Waals surface area contributed by atoms with Crippen molar-refractivity contribution in [1.82, 2.24) is 0 Å². The monoisotopic (exact) mass is 285 g/mol. The molecule has 0 aliphatic carbocycles. The van der Waals surface area contributed by atoms with Crippen molar-refractivity contribution in [1.29, 1.82) is 5.41 Å². The van der Waals surface area contributed by atoms with Crippen molar-refractivity contribution in [3.8, 4) is 5.75 Å². The summed E-state index contributed by atoms with van der Waals surface area (Å²) < 4.78 is 31.5. The molecule has 0 saturated heterocycles. The maximum Gasteiger partial charge on any atom is 0.233 e. The van der Waals surface area contributed by atoms with Gasteiger partial charge in [0, 0.05) is 0 Å². The number of para-hydroxylation sites is 2. The predicted molar refractivity (Wildman–Crippen MR) is 76.1 cm³/mol. The second-order valence-electron chi connectivity index (χ2n) is 4.59. The van der Waals surface area contributed by atoms with E-state index < -0.39 is 10.0 Å². The third-order valence-electron chi connectivity index (χ3n) is 2.09. The Morgan fingerprint density at radius 2 is 2.05 bits per heavy atom. The number of benzene rings is 1. The van der Waals surface area contributed by atoms with E-state index in [1.807, 2.05) is 13.8 Å². The fourth-order valence-electron chi connectivity index (χ4n) is 1.48. The molecule has 106 valence electrons. The lowest BCUT2D eigenvalue weighted by atomic mass is 10.3. The minimum atomic E-state index is -3.41. The van der Waals surface area contributed by atoms with Crippen molar-refractivity contribution in [2.75, 3.05) is 17.1 Å². The van der Waals surface area contributed by atoms with E-state index in [9.17, 15) is 8.42 Å². The molecule has 0 aromatic heterocycles. The molecule has 0 atom stereocenters. The Morgan fingerprint density at radius 1 is 1.42 bits per heavy atom. The topological polar surface area (TPSA) is 105 Å². The number of nitrogens with one attached hydrogen (secondary N) is 2. The van der Waals surface area contributed by atoms with E-state index in [4.69, 9.17) is 15.9 Å². The Balaban J connectivity index is 2.86. The van der Waals surface area contributed by atoms with E-state index in [1.165, 1.54) is 0 Å². The van der Waals surface area contributed by atoms with Gasteiger partial charge < -0.3 is 10.5 Å². The molecule has 0 saturated carbocycles. The molecular weight excluding hydrogens is 266 g/mol. The third kappa shape index (κ3) is 5.60. The number of nitrogens with two attached hydrogens (primary N) is 1. The Labute approximate surface area is 113 Å². The number of hydrogen-bond donors (Lipinski definition) is 3. The zero-order chi connectivity index (χ0) is 14.5. The van der Waals surface area contributed by atoms with Crippen LogP contribution in [0.4, 0.5) is 5.69 Å². The van der Waals surface area contributed by atoms with Crippen molar-refractivity contribution in [2.24, 2.45) is 11.7 Å². The smallest absolute Gasteiger partial charge is 0.233 e. The molecule has 0 spiro atoms. The van der Waals surface area contributed by atoms with Gasteiger partial charge in [-0.15, -0.1) is 0 Å². The molecular formula is C12H19N3O3S. The van der Waals surface area contributed by atoms with Gasteiger partial charge in [-0.3, -0.25) is 10.1 Å². The van der Waals surface area contributed by atoms with Crippen LogP contribution in [0.1, 0.15) is 13.8 Å². The van der Waals surface area contributed by atoms with E-state index in [-0.39, 0.29) is 24.1 Å². The van der Waals surface area contributed by atoms with E-state index in [2.05, 4.69) is 4.72 Å². The molecule has 0 bridgehead atoms. The fraction of sp³-hybridized carbons (Fsp3) is 0.417. The van der Waals surface area contributed by atoms with E-state index in [1.54, 1.807) is 24.3 Å². The van der Waals surface area contributed by atoms with Crippen LogP contribution in [0.2, 0.25) is 0 Å². The second-order valence-corrected chi connectivity index (χ2v) is 6.35. The van der Waals surface area contributed by atoms with Gasteiger partial charge in [-0.05, 0) is 18.1 Å². The molecule has 7 heteroatoms. The van der Waals surface area contributed by atoms with Gasteiger partial charge in [0.15, 0.2) is 0 Å². The molecule has 0 heterocycles. The standard InChI is InChI=1S/C12H19N3O3S/c1-9(2)8-19(16,17)15-10-5-3-4-6-11(10)18-7-12(13)14/h3-6,9,15H,7-8H2,1-2H3,(H3,13,14). The van der Waals surface area contributed by atoms with Gasteiger partial charge in [-0.25, -0.2) is 8.42 Å². The Hall–Kier alpha value is -1.76. The van der Waals surface area contributed by atoms with Gasteiger partial charge in [0.25, 0.3) is 0 Å². The molecule has 0 aliphatic heterocycles. The molecule has 19 heavy (non-hydrogen) atoms. The molecule has 6 nitrogen and oxygen atoms in total. The molecule has 1 aromatic carbocycles. The summed E-state index contributed by atoms with van der Waals surface area (Å²) in [7, 11) is -3.41. The lowest BCUT2D eigenvalue weighted by molar-refractivity contribution is 0.376. The minimum Gasteiger partial charge on any atom is -0.484 e. The zero-order valence-electron chi connectivity index (χ0n) is 11.0. The summed E-state index contributed by atoms with van der Waals surface area (Å²) in [6.45, 7) is 3.58. The summed E-state index contributed by atoms with van der Waals surface area (Å²) in [5, 5.41) is 7.10. The number of ether oxygens (including phenoxy) is 1. The lowest BCUT2D eigenvalue weighted by Crippen LogP contribution is -2.22.